The first-order valence-corrected chi connectivity index (χ1v) is 6.65. The monoisotopic (exact) mass is 313 g/mol. The SMILES string of the molecule is CCOC(=O)Cc1cc(S)c(C#N)cc1CBr. The second-order valence-electron chi connectivity index (χ2n) is 3.37. The van der Waals surface area contributed by atoms with Crippen molar-refractivity contribution in [2.45, 2.75) is 23.6 Å². The lowest BCUT2D eigenvalue weighted by atomic mass is 10.0. The molecular weight excluding hydrogens is 302 g/mol. The van der Waals surface area contributed by atoms with E-state index in [1.807, 2.05) is 0 Å². The summed E-state index contributed by atoms with van der Waals surface area (Å²) in [5.74, 6) is -0.271. The maximum absolute atomic E-state index is 11.4. The second-order valence-corrected chi connectivity index (χ2v) is 4.41. The van der Waals surface area contributed by atoms with Gasteiger partial charge in [0.25, 0.3) is 0 Å². The summed E-state index contributed by atoms with van der Waals surface area (Å²) in [6.07, 6.45) is 0.202. The highest BCUT2D eigenvalue weighted by atomic mass is 79.9. The quantitative estimate of drug-likeness (QED) is 0.528. The van der Waals surface area contributed by atoms with Gasteiger partial charge in [0.2, 0.25) is 0 Å². The number of alkyl halides is 1. The van der Waals surface area contributed by atoms with Crippen LogP contribution >= 0.6 is 28.6 Å². The summed E-state index contributed by atoms with van der Waals surface area (Å²) in [5.41, 5.74) is 2.26. The third-order valence-electron chi connectivity index (χ3n) is 2.22. The maximum Gasteiger partial charge on any atom is 0.310 e. The first-order valence-electron chi connectivity index (χ1n) is 5.08. The van der Waals surface area contributed by atoms with E-state index in [0.717, 1.165) is 11.1 Å². The predicted molar refractivity (Wildman–Crippen MR) is 71.4 cm³/mol. The third kappa shape index (κ3) is 3.76. The van der Waals surface area contributed by atoms with Crippen LogP contribution in [0.2, 0.25) is 0 Å². The van der Waals surface area contributed by atoms with E-state index in [1.165, 1.54) is 0 Å². The first kappa shape index (κ1) is 14.1. The summed E-state index contributed by atoms with van der Waals surface area (Å²) in [4.78, 5) is 12.0. The number of halogens is 1. The minimum Gasteiger partial charge on any atom is -0.466 e. The Balaban J connectivity index is 3.03. The van der Waals surface area contributed by atoms with Gasteiger partial charge < -0.3 is 4.74 Å². The summed E-state index contributed by atoms with van der Waals surface area (Å²) in [6, 6.07) is 5.55. The van der Waals surface area contributed by atoms with Gasteiger partial charge in [0.05, 0.1) is 18.6 Å². The van der Waals surface area contributed by atoms with Crippen LogP contribution in [0.1, 0.15) is 23.6 Å². The number of carbonyl (C=O) groups is 1. The molecule has 90 valence electrons. The van der Waals surface area contributed by atoms with Gasteiger partial charge in [-0.05, 0) is 30.2 Å². The summed E-state index contributed by atoms with van der Waals surface area (Å²) in [7, 11) is 0. The number of nitriles is 1. The van der Waals surface area contributed by atoms with Gasteiger partial charge in [0.15, 0.2) is 0 Å². The van der Waals surface area contributed by atoms with E-state index in [1.54, 1.807) is 19.1 Å². The van der Waals surface area contributed by atoms with Crippen molar-refractivity contribution in [1.29, 1.82) is 5.26 Å². The fourth-order valence-electron chi connectivity index (χ4n) is 1.42. The number of rotatable bonds is 4. The maximum atomic E-state index is 11.4. The van der Waals surface area contributed by atoms with Gasteiger partial charge in [-0.1, -0.05) is 15.9 Å². The zero-order chi connectivity index (χ0) is 12.8. The lowest BCUT2D eigenvalue weighted by Gasteiger charge is -2.09. The van der Waals surface area contributed by atoms with E-state index in [2.05, 4.69) is 34.6 Å². The molecule has 17 heavy (non-hydrogen) atoms. The van der Waals surface area contributed by atoms with Crippen LogP contribution in [0.25, 0.3) is 0 Å². The predicted octanol–water partition coefficient (Wildman–Crippen LogP) is 2.85. The Morgan fingerprint density at radius 2 is 2.24 bits per heavy atom. The zero-order valence-corrected chi connectivity index (χ0v) is 11.8. The molecule has 3 nitrogen and oxygen atoms in total. The Hall–Kier alpha value is -0.990. The summed E-state index contributed by atoms with van der Waals surface area (Å²) in [6.45, 7) is 2.14. The highest BCUT2D eigenvalue weighted by Gasteiger charge is 2.11. The fourth-order valence-corrected chi connectivity index (χ4v) is 2.21. The minimum absolute atomic E-state index is 0.202. The number of esters is 1. The molecular formula is C12H12BrNO2S. The molecule has 0 fully saturated rings. The molecule has 0 atom stereocenters. The van der Waals surface area contributed by atoms with Gasteiger partial charge in [-0.15, -0.1) is 12.6 Å². The van der Waals surface area contributed by atoms with Gasteiger partial charge in [-0.25, -0.2) is 0 Å². The Morgan fingerprint density at radius 3 is 2.76 bits per heavy atom. The first-order chi connectivity index (χ1) is 8.12. The van der Waals surface area contributed by atoms with Gasteiger partial charge in [-0.2, -0.15) is 5.26 Å². The molecule has 0 bridgehead atoms. The van der Waals surface area contributed by atoms with E-state index < -0.39 is 0 Å². The number of hydrogen-bond acceptors (Lipinski definition) is 4. The molecule has 0 saturated carbocycles. The smallest absolute Gasteiger partial charge is 0.310 e. The van der Waals surface area contributed by atoms with Crippen LogP contribution in [0.4, 0.5) is 0 Å². The minimum atomic E-state index is -0.271. The van der Waals surface area contributed by atoms with Crippen LogP contribution in [0, 0.1) is 11.3 Å². The molecule has 0 aliphatic carbocycles. The number of benzene rings is 1. The Kier molecular flexibility index (Phi) is 5.52. The lowest BCUT2D eigenvalue weighted by Crippen LogP contribution is -2.09. The van der Waals surface area contributed by atoms with Crippen LogP contribution in [-0.4, -0.2) is 12.6 Å². The zero-order valence-electron chi connectivity index (χ0n) is 9.36. The van der Waals surface area contributed by atoms with Gasteiger partial charge in [-0.3, -0.25) is 4.79 Å². The molecule has 0 aliphatic heterocycles. The van der Waals surface area contributed by atoms with Crippen LogP contribution < -0.4 is 0 Å². The Labute approximate surface area is 114 Å². The van der Waals surface area contributed by atoms with Crippen molar-refractivity contribution in [1.82, 2.24) is 0 Å². The van der Waals surface area contributed by atoms with E-state index in [4.69, 9.17) is 10.00 Å². The van der Waals surface area contributed by atoms with Gasteiger partial charge >= 0.3 is 5.97 Å². The molecule has 0 aliphatic rings. The van der Waals surface area contributed by atoms with Crippen LogP contribution in [0.15, 0.2) is 17.0 Å². The van der Waals surface area contributed by atoms with Crippen LogP contribution in [0.3, 0.4) is 0 Å². The van der Waals surface area contributed by atoms with E-state index in [0.29, 0.717) is 22.4 Å². The Morgan fingerprint density at radius 1 is 1.53 bits per heavy atom. The fraction of sp³-hybridized carbons (Fsp3) is 0.333. The van der Waals surface area contributed by atoms with Crippen molar-refractivity contribution in [2.24, 2.45) is 0 Å². The Bertz CT molecular complexity index is 468. The van der Waals surface area contributed by atoms with Crippen LogP contribution in [-0.2, 0) is 21.3 Å². The molecule has 0 N–H and O–H groups in total. The standard InChI is InChI=1S/C12H12BrNO2S/c1-2-16-12(15)5-8-4-11(17)10(7-14)3-9(8)6-13/h3-4,17H,2,5-6H2,1H3. The van der Waals surface area contributed by atoms with E-state index >= 15 is 0 Å². The summed E-state index contributed by atoms with van der Waals surface area (Å²) < 4.78 is 4.90. The lowest BCUT2D eigenvalue weighted by molar-refractivity contribution is -0.142. The number of hydrogen-bond donors (Lipinski definition) is 1. The molecule has 0 radical (unpaired) electrons. The van der Waals surface area contributed by atoms with Crippen molar-refractivity contribution in [3.05, 3.63) is 28.8 Å². The molecule has 0 heterocycles. The molecule has 0 amide bonds. The number of thiol groups is 1. The molecule has 1 rings (SSSR count). The molecule has 5 heteroatoms. The molecule has 0 saturated heterocycles. The largest absolute Gasteiger partial charge is 0.466 e. The average molecular weight is 314 g/mol. The summed E-state index contributed by atoms with van der Waals surface area (Å²) in [5, 5.41) is 9.48. The van der Waals surface area contributed by atoms with Gasteiger partial charge in [0, 0.05) is 10.2 Å². The highest BCUT2D eigenvalue weighted by Crippen LogP contribution is 2.22. The number of ether oxygens (including phenoxy) is 1. The molecule has 0 aromatic heterocycles. The van der Waals surface area contributed by atoms with Crippen LogP contribution in [0.5, 0.6) is 0 Å². The molecule has 1 aromatic rings. The highest BCUT2D eigenvalue weighted by molar-refractivity contribution is 9.08. The molecule has 1 aromatic carbocycles. The molecule has 0 unspecified atom stereocenters. The van der Waals surface area contributed by atoms with Crippen molar-refractivity contribution in [3.8, 4) is 6.07 Å². The van der Waals surface area contributed by atoms with E-state index in [-0.39, 0.29) is 12.4 Å². The average Bonchev–Trinajstić information content (AvgIpc) is 2.29. The van der Waals surface area contributed by atoms with Crippen molar-refractivity contribution < 1.29 is 9.53 Å². The van der Waals surface area contributed by atoms with Crippen molar-refractivity contribution in [3.63, 3.8) is 0 Å². The van der Waals surface area contributed by atoms with Gasteiger partial charge in [0.1, 0.15) is 6.07 Å². The third-order valence-corrected chi connectivity index (χ3v) is 3.20. The topological polar surface area (TPSA) is 50.1 Å². The normalized spacial score (nSPS) is 9.76. The number of carbonyl (C=O) groups excluding carboxylic acids is 1. The second kappa shape index (κ2) is 6.67. The number of nitrogens with zero attached hydrogens (tertiary/aromatic N) is 1. The summed E-state index contributed by atoms with van der Waals surface area (Å²) >= 11 is 7.56. The van der Waals surface area contributed by atoms with E-state index in [9.17, 15) is 4.79 Å². The molecule has 0 spiro atoms. The van der Waals surface area contributed by atoms with Crippen molar-refractivity contribution in [2.75, 3.05) is 6.61 Å². The van der Waals surface area contributed by atoms with Crippen molar-refractivity contribution >= 4 is 34.5 Å².